The molecule has 0 bridgehead atoms. The first kappa shape index (κ1) is 23.4. The van der Waals surface area contributed by atoms with Gasteiger partial charge in [-0.1, -0.05) is 35.9 Å². The Hall–Kier alpha value is -3.79. The van der Waals surface area contributed by atoms with Crippen LogP contribution in [0.2, 0.25) is 0 Å². The number of ether oxygens (including phenoxy) is 1. The Balaban J connectivity index is 1.75. The van der Waals surface area contributed by atoms with Crippen molar-refractivity contribution in [1.29, 1.82) is 0 Å². The number of hydrogen-bond acceptors (Lipinski definition) is 3. The molecule has 3 aromatic carbocycles. The zero-order valence-electron chi connectivity index (χ0n) is 20.7. The molecule has 1 amide bonds. The predicted molar refractivity (Wildman–Crippen MR) is 140 cm³/mol. The zero-order chi connectivity index (χ0) is 24.4. The number of benzene rings is 3. The molecule has 0 radical (unpaired) electrons. The number of fused-ring (bicyclic) bond motifs is 1. The van der Waals surface area contributed by atoms with Gasteiger partial charge in [-0.25, -0.2) is 0 Å². The second-order valence-electron chi connectivity index (χ2n) is 8.81. The van der Waals surface area contributed by atoms with Crippen molar-refractivity contribution in [2.24, 2.45) is 0 Å². The van der Waals surface area contributed by atoms with E-state index in [1.807, 2.05) is 52.0 Å². The Morgan fingerprint density at radius 2 is 1.79 bits per heavy atom. The summed E-state index contributed by atoms with van der Waals surface area (Å²) < 4.78 is 11.8. The molecule has 0 atom stereocenters. The third-order valence-corrected chi connectivity index (χ3v) is 6.28. The number of furan rings is 1. The number of amides is 1. The normalized spacial score (nSPS) is 11.6. The lowest BCUT2D eigenvalue weighted by Crippen LogP contribution is -2.10. The number of hydrogen-bond donors (Lipinski definition) is 1. The topological polar surface area (TPSA) is 51.5 Å². The molecule has 174 valence electrons. The van der Waals surface area contributed by atoms with Gasteiger partial charge in [0.15, 0.2) is 0 Å². The molecular formula is C30H31NO3. The molecule has 0 aliphatic heterocycles. The highest BCUT2D eigenvalue weighted by Crippen LogP contribution is 2.38. The number of aryl methyl sites for hydroxylation is 3. The van der Waals surface area contributed by atoms with Crippen molar-refractivity contribution in [3.05, 3.63) is 88.7 Å². The van der Waals surface area contributed by atoms with E-state index in [2.05, 4.69) is 43.4 Å². The molecule has 0 aliphatic rings. The summed E-state index contributed by atoms with van der Waals surface area (Å²) in [7, 11) is 0. The first-order valence-corrected chi connectivity index (χ1v) is 11.6. The molecule has 4 aromatic rings. The molecule has 1 heterocycles. The monoisotopic (exact) mass is 453 g/mol. The molecule has 4 rings (SSSR count). The Morgan fingerprint density at radius 1 is 1.00 bits per heavy atom. The number of nitrogens with one attached hydrogen (secondary N) is 1. The second-order valence-corrected chi connectivity index (χ2v) is 8.81. The van der Waals surface area contributed by atoms with Crippen molar-refractivity contribution in [3.8, 4) is 16.9 Å². The summed E-state index contributed by atoms with van der Waals surface area (Å²) in [6.07, 6.45) is 3.43. The predicted octanol–water partition coefficient (Wildman–Crippen LogP) is 7.77. The fraction of sp³-hybridized carbons (Fsp3) is 0.233. The van der Waals surface area contributed by atoms with Crippen LogP contribution in [0, 0.1) is 27.7 Å². The summed E-state index contributed by atoms with van der Waals surface area (Å²) in [5, 5.41) is 4.00. The lowest BCUT2D eigenvalue weighted by Gasteiger charge is -2.13. The molecule has 0 fully saturated rings. The van der Waals surface area contributed by atoms with Crippen LogP contribution in [0.1, 0.15) is 41.7 Å². The largest absolute Gasteiger partial charge is 0.493 e. The van der Waals surface area contributed by atoms with E-state index in [0.29, 0.717) is 12.4 Å². The van der Waals surface area contributed by atoms with E-state index < -0.39 is 0 Å². The van der Waals surface area contributed by atoms with Crippen LogP contribution in [0.4, 0.5) is 5.69 Å². The fourth-order valence-corrected chi connectivity index (χ4v) is 4.29. The van der Waals surface area contributed by atoms with Crippen molar-refractivity contribution in [3.63, 3.8) is 0 Å². The van der Waals surface area contributed by atoms with Gasteiger partial charge in [-0.2, -0.15) is 0 Å². The van der Waals surface area contributed by atoms with E-state index in [-0.39, 0.29) is 5.91 Å². The van der Waals surface area contributed by atoms with Crippen molar-refractivity contribution >= 4 is 28.1 Å². The van der Waals surface area contributed by atoms with Crippen LogP contribution in [-0.4, -0.2) is 12.5 Å². The van der Waals surface area contributed by atoms with Gasteiger partial charge in [0.05, 0.1) is 12.9 Å². The summed E-state index contributed by atoms with van der Waals surface area (Å²) in [5.41, 5.74) is 10.1. The van der Waals surface area contributed by atoms with E-state index in [0.717, 1.165) is 50.0 Å². The smallest absolute Gasteiger partial charge is 0.248 e. The summed E-state index contributed by atoms with van der Waals surface area (Å²) in [5.74, 6) is 0.528. The van der Waals surface area contributed by atoms with Gasteiger partial charge in [0, 0.05) is 34.3 Å². The molecular weight excluding hydrogens is 422 g/mol. The van der Waals surface area contributed by atoms with E-state index in [4.69, 9.17) is 9.15 Å². The zero-order valence-corrected chi connectivity index (χ0v) is 20.7. The summed E-state index contributed by atoms with van der Waals surface area (Å²) in [6.45, 7) is 12.6. The first-order valence-electron chi connectivity index (χ1n) is 11.6. The van der Waals surface area contributed by atoms with Gasteiger partial charge in [0.2, 0.25) is 5.91 Å². The Bertz CT molecular complexity index is 1410. The minimum Gasteiger partial charge on any atom is -0.493 e. The number of rotatable bonds is 6. The molecule has 4 heteroatoms. The maximum absolute atomic E-state index is 12.9. The minimum absolute atomic E-state index is 0.171. The van der Waals surface area contributed by atoms with Gasteiger partial charge >= 0.3 is 0 Å². The molecule has 4 nitrogen and oxygen atoms in total. The van der Waals surface area contributed by atoms with Gasteiger partial charge in [-0.3, -0.25) is 4.79 Å². The van der Waals surface area contributed by atoms with Gasteiger partial charge in [-0.15, -0.1) is 0 Å². The minimum atomic E-state index is -0.171. The van der Waals surface area contributed by atoms with Crippen molar-refractivity contribution in [2.45, 2.75) is 41.5 Å². The highest BCUT2D eigenvalue weighted by Gasteiger charge is 2.16. The average Bonchev–Trinajstić information content (AvgIpc) is 3.19. The SMILES string of the molecule is CCOc1cc2occ(-c3ccc(C)cc3C)c2cc1/C(C)=C/C(=O)Nc1cccc(C)c1C. The summed E-state index contributed by atoms with van der Waals surface area (Å²) in [4.78, 5) is 12.9. The van der Waals surface area contributed by atoms with Crippen LogP contribution in [0.25, 0.3) is 27.7 Å². The molecule has 34 heavy (non-hydrogen) atoms. The van der Waals surface area contributed by atoms with Crippen molar-refractivity contribution in [1.82, 2.24) is 0 Å². The third-order valence-electron chi connectivity index (χ3n) is 6.28. The van der Waals surface area contributed by atoms with Gasteiger partial charge in [0.1, 0.15) is 11.3 Å². The van der Waals surface area contributed by atoms with Crippen LogP contribution in [0.15, 0.2) is 65.3 Å². The Kier molecular flexibility index (Phi) is 6.60. The summed E-state index contributed by atoms with van der Waals surface area (Å²) in [6, 6.07) is 16.3. The quantitative estimate of drug-likeness (QED) is 0.303. The van der Waals surface area contributed by atoms with Crippen LogP contribution in [0.3, 0.4) is 0 Å². The Labute approximate surface area is 201 Å². The van der Waals surface area contributed by atoms with Gasteiger partial charge in [-0.05, 0) is 81.5 Å². The summed E-state index contributed by atoms with van der Waals surface area (Å²) >= 11 is 0. The molecule has 0 unspecified atom stereocenters. The molecule has 1 aromatic heterocycles. The molecule has 1 N–H and O–H groups in total. The third kappa shape index (κ3) is 4.62. The van der Waals surface area contributed by atoms with Crippen LogP contribution >= 0.6 is 0 Å². The standard InChI is InChI=1S/C30H31NO3/c1-7-33-28-16-29-25(26(17-34-29)23-12-11-18(2)13-20(23)4)15-24(28)21(5)14-30(32)31-27-10-8-9-19(3)22(27)6/h8-17H,7H2,1-6H3,(H,31,32)/b21-14+. The van der Waals surface area contributed by atoms with Crippen molar-refractivity contribution < 1.29 is 13.9 Å². The van der Waals surface area contributed by atoms with E-state index >= 15 is 0 Å². The molecule has 0 spiro atoms. The Morgan fingerprint density at radius 3 is 2.53 bits per heavy atom. The number of carbonyl (C=O) groups excluding carboxylic acids is 1. The van der Waals surface area contributed by atoms with Crippen molar-refractivity contribution in [2.75, 3.05) is 11.9 Å². The van der Waals surface area contributed by atoms with E-state index in [9.17, 15) is 4.79 Å². The lowest BCUT2D eigenvalue weighted by molar-refractivity contribution is -0.111. The average molecular weight is 454 g/mol. The maximum Gasteiger partial charge on any atom is 0.248 e. The van der Waals surface area contributed by atoms with Gasteiger partial charge in [0.25, 0.3) is 0 Å². The lowest BCUT2D eigenvalue weighted by atomic mass is 9.96. The number of allylic oxidation sites excluding steroid dienone is 1. The van der Waals surface area contributed by atoms with E-state index in [1.54, 1.807) is 12.3 Å². The van der Waals surface area contributed by atoms with Crippen LogP contribution in [0.5, 0.6) is 5.75 Å². The van der Waals surface area contributed by atoms with Crippen LogP contribution in [-0.2, 0) is 4.79 Å². The number of carbonyl (C=O) groups is 1. The van der Waals surface area contributed by atoms with E-state index in [1.165, 1.54) is 11.1 Å². The number of anilines is 1. The highest BCUT2D eigenvalue weighted by atomic mass is 16.5. The molecule has 0 aliphatic carbocycles. The molecule has 0 saturated heterocycles. The van der Waals surface area contributed by atoms with Gasteiger partial charge < -0.3 is 14.5 Å². The molecule has 0 saturated carbocycles. The second kappa shape index (κ2) is 9.60. The fourth-order valence-electron chi connectivity index (χ4n) is 4.29. The maximum atomic E-state index is 12.9. The highest BCUT2D eigenvalue weighted by molar-refractivity contribution is 6.05. The van der Waals surface area contributed by atoms with Crippen LogP contribution < -0.4 is 10.1 Å². The first-order chi connectivity index (χ1) is 16.3.